The standard InChI is InChI=1S/C13H21NO2/c1-5-9(2)12(14)10-7-6-8-11(15-3)13(10)16-4/h6-9,12H,5,14H2,1-4H3/t9?,12-/m1/s1. The number of para-hydroxylation sites is 1. The van der Waals surface area contributed by atoms with E-state index in [1.807, 2.05) is 18.2 Å². The largest absolute Gasteiger partial charge is 0.493 e. The van der Waals surface area contributed by atoms with Crippen molar-refractivity contribution in [1.82, 2.24) is 0 Å². The van der Waals surface area contributed by atoms with Crippen molar-refractivity contribution in [3.8, 4) is 11.5 Å². The average Bonchev–Trinajstić information content (AvgIpc) is 2.35. The van der Waals surface area contributed by atoms with Crippen LogP contribution in [0.5, 0.6) is 11.5 Å². The summed E-state index contributed by atoms with van der Waals surface area (Å²) < 4.78 is 10.6. The molecule has 0 aromatic heterocycles. The molecule has 0 radical (unpaired) electrons. The molecule has 0 aliphatic carbocycles. The van der Waals surface area contributed by atoms with Crippen LogP contribution in [0.25, 0.3) is 0 Å². The number of methoxy groups -OCH3 is 2. The van der Waals surface area contributed by atoms with Crippen LogP contribution < -0.4 is 15.2 Å². The molecule has 1 rings (SSSR count). The van der Waals surface area contributed by atoms with E-state index in [1.165, 1.54) is 0 Å². The van der Waals surface area contributed by atoms with Crippen molar-refractivity contribution in [2.24, 2.45) is 11.7 Å². The third-order valence-electron chi connectivity index (χ3n) is 3.05. The van der Waals surface area contributed by atoms with Gasteiger partial charge in [-0.2, -0.15) is 0 Å². The third-order valence-corrected chi connectivity index (χ3v) is 3.05. The van der Waals surface area contributed by atoms with Crippen LogP contribution in [0, 0.1) is 5.92 Å². The second-order valence-electron chi connectivity index (χ2n) is 3.99. The van der Waals surface area contributed by atoms with Crippen molar-refractivity contribution >= 4 is 0 Å². The first kappa shape index (κ1) is 12.8. The zero-order chi connectivity index (χ0) is 12.1. The first-order chi connectivity index (χ1) is 7.65. The molecule has 0 saturated carbocycles. The first-order valence-corrected chi connectivity index (χ1v) is 5.62. The number of hydrogen-bond acceptors (Lipinski definition) is 3. The van der Waals surface area contributed by atoms with Gasteiger partial charge in [0.05, 0.1) is 14.2 Å². The second-order valence-corrected chi connectivity index (χ2v) is 3.99. The lowest BCUT2D eigenvalue weighted by atomic mass is 9.92. The minimum atomic E-state index is -0.0185. The maximum atomic E-state index is 6.21. The SMILES string of the molecule is CCC(C)[C@@H](N)c1cccc(OC)c1OC. The van der Waals surface area contributed by atoms with Gasteiger partial charge in [-0.05, 0) is 12.0 Å². The van der Waals surface area contributed by atoms with Crippen LogP contribution in [-0.4, -0.2) is 14.2 Å². The molecule has 3 heteroatoms. The topological polar surface area (TPSA) is 44.5 Å². The van der Waals surface area contributed by atoms with Crippen molar-refractivity contribution in [2.75, 3.05) is 14.2 Å². The summed E-state index contributed by atoms with van der Waals surface area (Å²) in [5.74, 6) is 1.90. The molecule has 90 valence electrons. The predicted molar refractivity (Wildman–Crippen MR) is 65.9 cm³/mol. The van der Waals surface area contributed by atoms with Gasteiger partial charge in [-0.15, -0.1) is 0 Å². The third kappa shape index (κ3) is 2.47. The summed E-state index contributed by atoms with van der Waals surface area (Å²) in [6, 6.07) is 5.80. The Morgan fingerprint density at radius 1 is 1.25 bits per heavy atom. The van der Waals surface area contributed by atoms with E-state index in [0.717, 1.165) is 23.5 Å². The van der Waals surface area contributed by atoms with Crippen molar-refractivity contribution in [3.05, 3.63) is 23.8 Å². The molecule has 1 aromatic rings. The van der Waals surface area contributed by atoms with Gasteiger partial charge < -0.3 is 15.2 Å². The summed E-state index contributed by atoms with van der Waals surface area (Å²) in [5.41, 5.74) is 7.22. The monoisotopic (exact) mass is 223 g/mol. The van der Waals surface area contributed by atoms with E-state index in [9.17, 15) is 0 Å². The highest BCUT2D eigenvalue weighted by Gasteiger charge is 2.19. The van der Waals surface area contributed by atoms with Crippen molar-refractivity contribution < 1.29 is 9.47 Å². The summed E-state index contributed by atoms with van der Waals surface area (Å²) >= 11 is 0. The summed E-state index contributed by atoms with van der Waals surface area (Å²) in [5, 5.41) is 0. The molecule has 3 nitrogen and oxygen atoms in total. The zero-order valence-electron chi connectivity index (χ0n) is 10.5. The Balaban J connectivity index is 3.12. The van der Waals surface area contributed by atoms with Gasteiger partial charge in [-0.3, -0.25) is 0 Å². The maximum Gasteiger partial charge on any atom is 0.165 e. The molecular weight excluding hydrogens is 202 g/mol. The smallest absolute Gasteiger partial charge is 0.165 e. The van der Waals surface area contributed by atoms with E-state index >= 15 is 0 Å². The molecular formula is C13H21NO2. The fraction of sp³-hybridized carbons (Fsp3) is 0.538. The van der Waals surface area contributed by atoms with E-state index in [1.54, 1.807) is 14.2 Å². The fourth-order valence-electron chi connectivity index (χ4n) is 1.73. The van der Waals surface area contributed by atoms with Crippen molar-refractivity contribution in [3.63, 3.8) is 0 Å². The molecule has 0 bridgehead atoms. The molecule has 2 N–H and O–H groups in total. The van der Waals surface area contributed by atoms with Gasteiger partial charge in [0.15, 0.2) is 11.5 Å². The average molecular weight is 223 g/mol. The minimum Gasteiger partial charge on any atom is -0.493 e. The zero-order valence-corrected chi connectivity index (χ0v) is 10.5. The van der Waals surface area contributed by atoms with Crippen LogP contribution in [0.4, 0.5) is 0 Å². The highest BCUT2D eigenvalue weighted by Crippen LogP contribution is 2.36. The van der Waals surface area contributed by atoms with E-state index < -0.39 is 0 Å². The number of ether oxygens (including phenoxy) is 2. The predicted octanol–water partition coefficient (Wildman–Crippen LogP) is 2.75. The summed E-state index contributed by atoms with van der Waals surface area (Å²) in [6.45, 7) is 4.28. The number of hydrogen-bond donors (Lipinski definition) is 1. The maximum absolute atomic E-state index is 6.21. The first-order valence-electron chi connectivity index (χ1n) is 5.62. The number of benzene rings is 1. The molecule has 1 aromatic carbocycles. The van der Waals surface area contributed by atoms with Gasteiger partial charge in [0.2, 0.25) is 0 Å². The molecule has 0 fully saturated rings. The lowest BCUT2D eigenvalue weighted by Gasteiger charge is -2.22. The Hall–Kier alpha value is -1.22. The van der Waals surface area contributed by atoms with E-state index in [-0.39, 0.29) is 6.04 Å². The van der Waals surface area contributed by atoms with Gasteiger partial charge in [-0.25, -0.2) is 0 Å². The Kier molecular flexibility index (Phi) is 4.62. The number of nitrogens with two attached hydrogens (primary N) is 1. The number of rotatable bonds is 5. The van der Waals surface area contributed by atoms with Crippen LogP contribution in [0.15, 0.2) is 18.2 Å². The quantitative estimate of drug-likeness (QED) is 0.834. The Bertz CT molecular complexity index is 339. The summed E-state index contributed by atoms with van der Waals surface area (Å²) in [6.07, 6.45) is 1.04. The minimum absolute atomic E-state index is 0.0185. The van der Waals surface area contributed by atoms with Crippen molar-refractivity contribution in [2.45, 2.75) is 26.3 Å². The summed E-state index contributed by atoms with van der Waals surface area (Å²) in [7, 11) is 3.28. The van der Waals surface area contributed by atoms with Crippen LogP contribution in [0.2, 0.25) is 0 Å². The van der Waals surface area contributed by atoms with Gasteiger partial charge in [-0.1, -0.05) is 32.4 Å². The van der Waals surface area contributed by atoms with Gasteiger partial charge in [0, 0.05) is 11.6 Å². The Morgan fingerprint density at radius 2 is 1.94 bits per heavy atom. The molecule has 2 atom stereocenters. The van der Waals surface area contributed by atoms with Gasteiger partial charge in [0.25, 0.3) is 0 Å². The molecule has 0 spiro atoms. The van der Waals surface area contributed by atoms with Crippen molar-refractivity contribution in [1.29, 1.82) is 0 Å². The van der Waals surface area contributed by atoms with Gasteiger partial charge in [0.1, 0.15) is 0 Å². The molecule has 0 aliphatic heterocycles. The molecule has 0 aliphatic rings. The van der Waals surface area contributed by atoms with Crippen LogP contribution in [0.3, 0.4) is 0 Å². The Labute approximate surface area is 97.6 Å². The Morgan fingerprint density at radius 3 is 2.44 bits per heavy atom. The van der Waals surface area contributed by atoms with E-state index in [0.29, 0.717) is 5.92 Å². The lowest BCUT2D eigenvalue weighted by molar-refractivity contribution is 0.343. The normalized spacial score (nSPS) is 14.3. The molecule has 0 saturated heterocycles. The van der Waals surface area contributed by atoms with Crippen LogP contribution in [-0.2, 0) is 0 Å². The second kappa shape index (κ2) is 5.75. The molecule has 16 heavy (non-hydrogen) atoms. The molecule has 1 unspecified atom stereocenters. The fourth-order valence-corrected chi connectivity index (χ4v) is 1.73. The van der Waals surface area contributed by atoms with Crippen LogP contribution in [0.1, 0.15) is 31.9 Å². The lowest BCUT2D eigenvalue weighted by Crippen LogP contribution is -2.19. The molecule has 0 amide bonds. The van der Waals surface area contributed by atoms with Crippen LogP contribution >= 0.6 is 0 Å². The molecule has 0 heterocycles. The highest BCUT2D eigenvalue weighted by atomic mass is 16.5. The van der Waals surface area contributed by atoms with Gasteiger partial charge >= 0.3 is 0 Å². The van der Waals surface area contributed by atoms with E-state index in [2.05, 4.69) is 13.8 Å². The highest BCUT2D eigenvalue weighted by molar-refractivity contribution is 5.48. The summed E-state index contributed by atoms with van der Waals surface area (Å²) in [4.78, 5) is 0. The van der Waals surface area contributed by atoms with E-state index in [4.69, 9.17) is 15.2 Å².